The average molecular weight is 411 g/mol. The quantitative estimate of drug-likeness (QED) is 0.566. The summed E-state index contributed by atoms with van der Waals surface area (Å²) in [5.74, 6) is 1.61. The minimum atomic E-state index is 0.0381. The van der Waals surface area contributed by atoms with Crippen LogP contribution in [-0.4, -0.2) is 42.6 Å². The van der Waals surface area contributed by atoms with Gasteiger partial charge in [0.1, 0.15) is 0 Å². The van der Waals surface area contributed by atoms with E-state index >= 15 is 0 Å². The van der Waals surface area contributed by atoms with Crippen LogP contribution in [0.3, 0.4) is 0 Å². The largest absolute Gasteiger partial charge is 0.493 e. The number of fused-ring (bicyclic) bond motifs is 1. The first kappa shape index (κ1) is 19.7. The van der Waals surface area contributed by atoms with E-state index in [0.29, 0.717) is 36.1 Å². The normalized spacial score (nSPS) is 16.8. The van der Waals surface area contributed by atoms with Crippen molar-refractivity contribution in [3.8, 4) is 11.5 Å². The van der Waals surface area contributed by atoms with Gasteiger partial charge in [0, 0.05) is 24.6 Å². The molecule has 29 heavy (non-hydrogen) atoms. The zero-order chi connectivity index (χ0) is 20.2. The monoisotopic (exact) mass is 410 g/mol. The number of piperidine rings is 1. The van der Waals surface area contributed by atoms with E-state index < -0.39 is 0 Å². The first-order chi connectivity index (χ1) is 14.2. The van der Waals surface area contributed by atoms with Crippen molar-refractivity contribution in [1.29, 1.82) is 0 Å². The third-order valence-electron chi connectivity index (χ3n) is 5.24. The molecule has 0 unspecified atom stereocenters. The molecule has 2 heterocycles. The summed E-state index contributed by atoms with van der Waals surface area (Å²) >= 11 is 1.74. The van der Waals surface area contributed by atoms with Gasteiger partial charge in [0.15, 0.2) is 11.5 Å². The van der Waals surface area contributed by atoms with Gasteiger partial charge in [-0.2, -0.15) is 0 Å². The van der Waals surface area contributed by atoms with E-state index in [9.17, 15) is 4.79 Å². The molecule has 0 radical (unpaired) electrons. The van der Waals surface area contributed by atoms with Crippen LogP contribution in [0.25, 0.3) is 10.2 Å². The SMILES string of the molecule is CCCOc1ccc(C(=O)N2CCC[C@@H](c3nc4ccccc4s3)C2)cc1OC. The molecule has 0 aliphatic carbocycles. The van der Waals surface area contributed by atoms with Gasteiger partial charge in [-0.05, 0) is 49.6 Å². The molecule has 0 N–H and O–H groups in total. The second kappa shape index (κ2) is 8.82. The summed E-state index contributed by atoms with van der Waals surface area (Å²) < 4.78 is 12.4. The van der Waals surface area contributed by atoms with Crippen molar-refractivity contribution >= 4 is 27.5 Å². The van der Waals surface area contributed by atoms with E-state index in [4.69, 9.17) is 14.5 Å². The molecular formula is C23H26N2O3S. The number of hydrogen-bond donors (Lipinski definition) is 0. The predicted octanol–water partition coefficient (Wildman–Crippen LogP) is 5.11. The van der Waals surface area contributed by atoms with Crippen LogP contribution in [0.5, 0.6) is 11.5 Å². The summed E-state index contributed by atoms with van der Waals surface area (Å²) in [5.41, 5.74) is 1.68. The van der Waals surface area contributed by atoms with E-state index in [1.54, 1.807) is 24.5 Å². The molecule has 0 saturated carbocycles. The molecule has 1 atom stereocenters. The first-order valence-electron chi connectivity index (χ1n) is 10.1. The molecule has 1 aliphatic rings. The summed E-state index contributed by atoms with van der Waals surface area (Å²) in [4.78, 5) is 19.9. The van der Waals surface area contributed by atoms with Gasteiger partial charge >= 0.3 is 0 Å². The lowest BCUT2D eigenvalue weighted by atomic mass is 9.98. The topological polar surface area (TPSA) is 51.7 Å². The van der Waals surface area contributed by atoms with Crippen molar-refractivity contribution < 1.29 is 14.3 Å². The number of para-hydroxylation sites is 1. The van der Waals surface area contributed by atoms with E-state index in [0.717, 1.165) is 36.3 Å². The van der Waals surface area contributed by atoms with Crippen LogP contribution in [0, 0.1) is 0 Å². The minimum Gasteiger partial charge on any atom is -0.493 e. The summed E-state index contributed by atoms with van der Waals surface area (Å²) in [7, 11) is 1.60. The molecule has 1 aliphatic heterocycles. The molecular weight excluding hydrogens is 384 g/mol. The number of carbonyl (C=O) groups excluding carboxylic acids is 1. The smallest absolute Gasteiger partial charge is 0.254 e. The van der Waals surface area contributed by atoms with Gasteiger partial charge < -0.3 is 14.4 Å². The Kier molecular flexibility index (Phi) is 6.00. The predicted molar refractivity (Wildman–Crippen MR) is 116 cm³/mol. The van der Waals surface area contributed by atoms with Crippen molar-refractivity contribution in [2.45, 2.75) is 32.1 Å². The van der Waals surface area contributed by atoms with Crippen LogP contribution >= 0.6 is 11.3 Å². The number of nitrogens with zero attached hydrogens (tertiary/aromatic N) is 2. The minimum absolute atomic E-state index is 0.0381. The number of methoxy groups -OCH3 is 1. The summed E-state index contributed by atoms with van der Waals surface area (Å²) in [6, 6.07) is 13.7. The zero-order valence-electron chi connectivity index (χ0n) is 16.9. The third kappa shape index (κ3) is 4.22. The number of aromatic nitrogens is 1. The first-order valence-corrected chi connectivity index (χ1v) is 11.0. The van der Waals surface area contributed by atoms with E-state index in [1.807, 2.05) is 29.2 Å². The van der Waals surface area contributed by atoms with Crippen molar-refractivity contribution in [2.75, 3.05) is 26.8 Å². The fourth-order valence-electron chi connectivity index (χ4n) is 3.74. The Balaban J connectivity index is 1.51. The van der Waals surface area contributed by atoms with Gasteiger partial charge in [-0.15, -0.1) is 11.3 Å². The third-order valence-corrected chi connectivity index (χ3v) is 6.44. The van der Waals surface area contributed by atoms with Crippen molar-refractivity contribution in [2.24, 2.45) is 0 Å². The maximum absolute atomic E-state index is 13.2. The fourth-order valence-corrected chi connectivity index (χ4v) is 4.84. The Morgan fingerprint density at radius 2 is 2.10 bits per heavy atom. The van der Waals surface area contributed by atoms with E-state index in [1.165, 1.54) is 4.70 Å². The highest BCUT2D eigenvalue weighted by Crippen LogP contribution is 2.34. The number of likely N-dealkylation sites (tertiary alicyclic amines) is 1. The van der Waals surface area contributed by atoms with Crippen LogP contribution in [0.4, 0.5) is 0 Å². The van der Waals surface area contributed by atoms with Crippen molar-refractivity contribution in [3.05, 3.63) is 53.0 Å². The van der Waals surface area contributed by atoms with Gasteiger partial charge in [0.05, 0.1) is 28.9 Å². The standard InChI is InChI=1S/C23H26N2O3S/c1-3-13-28-19-11-10-16(14-20(19)27-2)23(26)25-12-6-7-17(15-25)22-24-18-8-4-5-9-21(18)29-22/h4-5,8-11,14,17H,3,6-7,12-13,15H2,1-2H3/t17-/m1/s1. The Hall–Kier alpha value is -2.60. The number of benzene rings is 2. The van der Waals surface area contributed by atoms with Crippen LogP contribution in [0.2, 0.25) is 0 Å². The number of amides is 1. The second-order valence-corrected chi connectivity index (χ2v) is 8.39. The summed E-state index contributed by atoms with van der Waals surface area (Å²) in [5, 5.41) is 1.13. The maximum atomic E-state index is 13.2. The Morgan fingerprint density at radius 3 is 2.90 bits per heavy atom. The van der Waals surface area contributed by atoms with Gasteiger partial charge in [-0.25, -0.2) is 4.98 Å². The zero-order valence-corrected chi connectivity index (χ0v) is 17.7. The van der Waals surface area contributed by atoms with E-state index in [2.05, 4.69) is 19.1 Å². The second-order valence-electron chi connectivity index (χ2n) is 7.32. The lowest BCUT2D eigenvalue weighted by Crippen LogP contribution is -2.39. The highest BCUT2D eigenvalue weighted by Gasteiger charge is 2.28. The lowest BCUT2D eigenvalue weighted by molar-refractivity contribution is 0.0706. The van der Waals surface area contributed by atoms with Crippen LogP contribution in [-0.2, 0) is 0 Å². The van der Waals surface area contributed by atoms with Crippen LogP contribution < -0.4 is 9.47 Å². The molecule has 6 heteroatoms. The number of rotatable bonds is 6. The Bertz CT molecular complexity index is 968. The Labute approximate surface area is 175 Å². The maximum Gasteiger partial charge on any atom is 0.254 e. The van der Waals surface area contributed by atoms with E-state index in [-0.39, 0.29) is 5.91 Å². The van der Waals surface area contributed by atoms with Crippen molar-refractivity contribution in [1.82, 2.24) is 9.88 Å². The number of hydrogen-bond acceptors (Lipinski definition) is 5. The van der Waals surface area contributed by atoms with Gasteiger partial charge in [-0.1, -0.05) is 19.1 Å². The molecule has 4 rings (SSSR count). The molecule has 3 aromatic rings. The molecule has 1 amide bonds. The van der Waals surface area contributed by atoms with Gasteiger partial charge in [0.2, 0.25) is 0 Å². The average Bonchev–Trinajstić information content (AvgIpc) is 3.21. The number of thiazole rings is 1. The van der Waals surface area contributed by atoms with Crippen molar-refractivity contribution in [3.63, 3.8) is 0 Å². The van der Waals surface area contributed by atoms with Gasteiger partial charge in [-0.3, -0.25) is 4.79 Å². The Morgan fingerprint density at radius 1 is 1.24 bits per heavy atom. The molecule has 1 fully saturated rings. The highest BCUT2D eigenvalue weighted by atomic mass is 32.1. The summed E-state index contributed by atoms with van der Waals surface area (Å²) in [6.07, 6.45) is 2.97. The van der Waals surface area contributed by atoms with Gasteiger partial charge in [0.25, 0.3) is 5.91 Å². The fraction of sp³-hybridized carbons (Fsp3) is 0.391. The van der Waals surface area contributed by atoms with Crippen LogP contribution in [0.15, 0.2) is 42.5 Å². The van der Waals surface area contributed by atoms with Crippen LogP contribution in [0.1, 0.15) is 47.5 Å². The highest BCUT2D eigenvalue weighted by molar-refractivity contribution is 7.18. The molecule has 152 valence electrons. The molecule has 1 saturated heterocycles. The molecule has 0 spiro atoms. The molecule has 5 nitrogen and oxygen atoms in total. The number of ether oxygens (including phenoxy) is 2. The molecule has 0 bridgehead atoms. The number of carbonyl (C=O) groups is 1. The molecule has 2 aromatic carbocycles. The summed E-state index contributed by atoms with van der Waals surface area (Å²) in [6.45, 7) is 4.16. The lowest BCUT2D eigenvalue weighted by Gasteiger charge is -2.32. The molecule has 1 aromatic heterocycles.